The minimum Gasteiger partial charge on any atom is -0.372 e. The van der Waals surface area contributed by atoms with Crippen LogP contribution in [-0.2, 0) is 21.4 Å². The van der Waals surface area contributed by atoms with Crippen molar-refractivity contribution in [2.45, 2.75) is 44.3 Å². The third kappa shape index (κ3) is 4.48. The van der Waals surface area contributed by atoms with Crippen molar-refractivity contribution in [3.63, 3.8) is 0 Å². The van der Waals surface area contributed by atoms with Crippen LogP contribution in [0.5, 0.6) is 0 Å². The summed E-state index contributed by atoms with van der Waals surface area (Å²) in [6, 6.07) is 15.3. The van der Waals surface area contributed by atoms with Gasteiger partial charge < -0.3 is 4.74 Å². The van der Waals surface area contributed by atoms with Gasteiger partial charge in [-0.1, -0.05) is 47.5 Å². The molecular weight excluding hydrogens is 334 g/mol. The molecule has 0 saturated carbocycles. The van der Waals surface area contributed by atoms with E-state index in [1.807, 2.05) is 19.1 Å². The quantitative estimate of drug-likeness (QED) is 0.818. The van der Waals surface area contributed by atoms with Crippen LogP contribution in [0.3, 0.4) is 0 Å². The van der Waals surface area contributed by atoms with E-state index in [0.29, 0.717) is 24.6 Å². The second-order valence-electron chi connectivity index (χ2n) is 6.74. The Bertz CT molecular complexity index is 798. The van der Waals surface area contributed by atoms with Gasteiger partial charge in [0.25, 0.3) is 0 Å². The number of piperidine rings is 1. The molecule has 134 valence electrons. The van der Waals surface area contributed by atoms with Crippen LogP contribution < -0.4 is 0 Å². The molecule has 1 atom stereocenters. The third-order valence-corrected chi connectivity index (χ3v) is 6.49. The SMILES string of the molecule is Cc1ccc(COC2CCCN(S(=O)(=O)c3ccc(C)cc3)C2)cc1. The molecule has 0 bridgehead atoms. The third-order valence-electron chi connectivity index (χ3n) is 4.61. The van der Waals surface area contributed by atoms with Crippen molar-refractivity contribution in [3.05, 3.63) is 65.2 Å². The van der Waals surface area contributed by atoms with E-state index in [9.17, 15) is 8.42 Å². The Morgan fingerprint density at radius 2 is 1.60 bits per heavy atom. The van der Waals surface area contributed by atoms with Gasteiger partial charge in [-0.15, -0.1) is 0 Å². The van der Waals surface area contributed by atoms with Gasteiger partial charge in [-0.2, -0.15) is 4.31 Å². The highest BCUT2D eigenvalue weighted by molar-refractivity contribution is 7.89. The van der Waals surface area contributed by atoms with Gasteiger partial charge in [0.15, 0.2) is 0 Å². The lowest BCUT2D eigenvalue weighted by atomic mass is 10.1. The zero-order valence-electron chi connectivity index (χ0n) is 14.8. The van der Waals surface area contributed by atoms with Gasteiger partial charge in [0.1, 0.15) is 0 Å². The van der Waals surface area contributed by atoms with E-state index in [2.05, 4.69) is 31.2 Å². The molecule has 1 unspecified atom stereocenters. The molecule has 5 heteroatoms. The summed E-state index contributed by atoms with van der Waals surface area (Å²) in [5.41, 5.74) is 3.39. The maximum absolute atomic E-state index is 12.8. The average Bonchev–Trinajstić information content (AvgIpc) is 2.62. The predicted molar refractivity (Wildman–Crippen MR) is 98.9 cm³/mol. The lowest BCUT2D eigenvalue weighted by molar-refractivity contribution is 0.00811. The van der Waals surface area contributed by atoms with Gasteiger partial charge in [-0.05, 0) is 44.4 Å². The molecule has 0 aromatic heterocycles. The Kier molecular flexibility index (Phi) is 5.57. The fourth-order valence-electron chi connectivity index (χ4n) is 3.02. The van der Waals surface area contributed by atoms with Crippen molar-refractivity contribution in [2.75, 3.05) is 13.1 Å². The first kappa shape index (κ1) is 18.1. The summed E-state index contributed by atoms with van der Waals surface area (Å²) in [5, 5.41) is 0. The Morgan fingerprint density at radius 1 is 1.00 bits per heavy atom. The highest BCUT2D eigenvalue weighted by Gasteiger charge is 2.30. The zero-order chi connectivity index (χ0) is 17.9. The Labute approximate surface area is 150 Å². The minimum atomic E-state index is -3.45. The van der Waals surface area contributed by atoms with Crippen molar-refractivity contribution < 1.29 is 13.2 Å². The van der Waals surface area contributed by atoms with Crippen LogP contribution in [0.2, 0.25) is 0 Å². The van der Waals surface area contributed by atoms with E-state index < -0.39 is 10.0 Å². The summed E-state index contributed by atoms with van der Waals surface area (Å²) >= 11 is 0. The number of hydrogen-bond donors (Lipinski definition) is 0. The van der Waals surface area contributed by atoms with Crippen LogP contribution in [-0.4, -0.2) is 31.9 Å². The molecule has 0 aliphatic carbocycles. The summed E-state index contributed by atoms with van der Waals surface area (Å²) in [6.45, 7) is 5.50. The minimum absolute atomic E-state index is 0.0599. The maximum Gasteiger partial charge on any atom is 0.243 e. The molecule has 25 heavy (non-hydrogen) atoms. The number of ether oxygens (including phenoxy) is 1. The molecule has 1 saturated heterocycles. The van der Waals surface area contributed by atoms with Crippen LogP contribution in [0.4, 0.5) is 0 Å². The lowest BCUT2D eigenvalue weighted by Crippen LogP contribution is -2.43. The fourth-order valence-corrected chi connectivity index (χ4v) is 4.53. The largest absolute Gasteiger partial charge is 0.372 e. The number of rotatable bonds is 5. The van der Waals surface area contributed by atoms with Gasteiger partial charge >= 0.3 is 0 Å². The highest BCUT2D eigenvalue weighted by atomic mass is 32.2. The monoisotopic (exact) mass is 359 g/mol. The normalized spacial score (nSPS) is 19.0. The molecule has 1 aliphatic rings. The first-order chi connectivity index (χ1) is 11.9. The summed E-state index contributed by atoms with van der Waals surface area (Å²) in [7, 11) is -3.45. The summed E-state index contributed by atoms with van der Waals surface area (Å²) < 4.78 is 33.2. The average molecular weight is 359 g/mol. The molecule has 1 heterocycles. The number of benzene rings is 2. The second-order valence-corrected chi connectivity index (χ2v) is 8.67. The van der Waals surface area contributed by atoms with E-state index in [4.69, 9.17) is 4.74 Å². The molecular formula is C20H25NO3S. The van der Waals surface area contributed by atoms with Crippen LogP contribution in [0, 0.1) is 13.8 Å². The van der Waals surface area contributed by atoms with Gasteiger partial charge in [0, 0.05) is 13.1 Å². The molecule has 1 fully saturated rings. The Balaban J connectivity index is 1.64. The molecule has 0 spiro atoms. The van der Waals surface area contributed by atoms with Crippen molar-refractivity contribution >= 4 is 10.0 Å². The number of hydrogen-bond acceptors (Lipinski definition) is 3. The van der Waals surface area contributed by atoms with Crippen molar-refractivity contribution in [1.29, 1.82) is 0 Å². The van der Waals surface area contributed by atoms with Crippen LogP contribution in [0.25, 0.3) is 0 Å². The van der Waals surface area contributed by atoms with Crippen molar-refractivity contribution in [2.24, 2.45) is 0 Å². The zero-order valence-corrected chi connectivity index (χ0v) is 15.6. The highest BCUT2D eigenvalue weighted by Crippen LogP contribution is 2.23. The molecule has 4 nitrogen and oxygen atoms in total. The van der Waals surface area contributed by atoms with E-state index in [1.54, 1.807) is 16.4 Å². The maximum atomic E-state index is 12.8. The first-order valence-corrected chi connectivity index (χ1v) is 10.1. The van der Waals surface area contributed by atoms with Crippen LogP contribution >= 0.6 is 0 Å². The molecule has 3 rings (SSSR count). The Morgan fingerprint density at radius 3 is 2.24 bits per heavy atom. The number of aryl methyl sites for hydroxylation is 2. The van der Waals surface area contributed by atoms with Crippen molar-refractivity contribution in [3.8, 4) is 0 Å². The van der Waals surface area contributed by atoms with Gasteiger partial charge in [0.2, 0.25) is 10.0 Å². The summed E-state index contributed by atoms with van der Waals surface area (Å²) in [6.07, 6.45) is 1.66. The first-order valence-electron chi connectivity index (χ1n) is 8.69. The molecule has 0 radical (unpaired) electrons. The van der Waals surface area contributed by atoms with E-state index in [1.165, 1.54) is 5.56 Å². The molecule has 0 amide bonds. The number of nitrogens with zero attached hydrogens (tertiary/aromatic N) is 1. The molecule has 1 aliphatic heterocycles. The van der Waals surface area contributed by atoms with E-state index >= 15 is 0 Å². The molecule has 2 aromatic rings. The van der Waals surface area contributed by atoms with Crippen LogP contribution in [0.15, 0.2) is 53.4 Å². The standard InChI is InChI=1S/C20H25NO3S/c1-16-5-9-18(10-6-16)15-24-19-4-3-13-21(14-19)25(22,23)20-11-7-17(2)8-12-20/h5-12,19H,3-4,13-15H2,1-2H3. The van der Waals surface area contributed by atoms with Crippen molar-refractivity contribution in [1.82, 2.24) is 4.31 Å². The second kappa shape index (κ2) is 7.68. The van der Waals surface area contributed by atoms with Crippen LogP contribution in [0.1, 0.15) is 29.5 Å². The lowest BCUT2D eigenvalue weighted by Gasteiger charge is -2.32. The number of sulfonamides is 1. The summed E-state index contributed by atoms with van der Waals surface area (Å²) in [5.74, 6) is 0. The summed E-state index contributed by atoms with van der Waals surface area (Å²) in [4.78, 5) is 0.359. The Hall–Kier alpha value is -1.69. The van der Waals surface area contributed by atoms with Gasteiger partial charge in [-0.3, -0.25) is 0 Å². The topological polar surface area (TPSA) is 46.6 Å². The molecule has 2 aromatic carbocycles. The molecule has 0 N–H and O–H groups in total. The van der Waals surface area contributed by atoms with E-state index in [0.717, 1.165) is 24.0 Å². The van der Waals surface area contributed by atoms with Gasteiger partial charge in [0.05, 0.1) is 17.6 Å². The smallest absolute Gasteiger partial charge is 0.243 e. The predicted octanol–water partition coefficient (Wildman–Crippen LogP) is 3.67. The fraction of sp³-hybridized carbons (Fsp3) is 0.400. The van der Waals surface area contributed by atoms with Gasteiger partial charge in [-0.25, -0.2) is 8.42 Å². The van der Waals surface area contributed by atoms with E-state index in [-0.39, 0.29) is 6.10 Å².